The van der Waals surface area contributed by atoms with E-state index in [9.17, 15) is 0 Å². The molecule has 18 heavy (non-hydrogen) atoms. The number of ether oxygens (including phenoxy) is 2. The quantitative estimate of drug-likeness (QED) is 0.608. The second kappa shape index (κ2) is 6.71. The number of benzene rings is 1. The van der Waals surface area contributed by atoms with E-state index in [2.05, 4.69) is 0 Å². The summed E-state index contributed by atoms with van der Waals surface area (Å²) < 4.78 is 11.3. The molecule has 0 heterocycles. The first-order valence-corrected chi connectivity index (χ1v) is 6.81. The van der Waals surface area contributed by atoms with E-state index in [1.165, 1.54) is 19.3 Å². The first-order valence-electron chi connectivity index (χ1n) is 6.40. The Morgan fingerprint density at radius 3 is 2.83 bits per heavy atom. The molecule has 1 saturated carbocycles. The Morgan fingerprint density at radius 1 is 1.33 bits per heavy atom. The fourth-order valence-corrected chi connectivity index (χ4v) is 1.90. The molecule has 2 rings (SSSR count). The average molecular weight is 265 g/mol. The molecule has 1 fully saturated rings. The number of hydrogen-bond acceptors (Lipinski definition) is 3. The lowest BCUT2D eigenvalue weighted by molar-refractivity contribution is -0.00223. The Hall–Kier alpha value is -1.13. The highest BCUT2D eigenvalue weighted by atomic mass is 32.1. The van der Waals surface area contributed by atoms with Gasteiger partial charge in [0.05, 0.1) is 19.3 Å². The van der Waals surface area contributed by atoms with Crippen LogP contribution in [0, 0.1) is 0 Å². The smallest absolute Gasteiger partial charge is 0.119 e. The van der Waals surface area contributed by atoms with Crippen molar-refractivity contribution in [2.24, 2.45) is 5.73 Å². The first kappa shape index (κ1) is 13.3. The zero-order chi connectivity index (χ0) is 12.8. The van der Waals surface area contributed by atoms with E-state index in [-0.39, 0.29) is 0 Å². The summed E-state index contributed by atoms with van der Waals surface area (Å²) >= 11 is 4.93. The third-order valence-electron chi connectivity index (χ3n) is 3.08. The van der Waals surface area contributed by atoms with Gasteiger partial charge in [-0.2, -0.15) is 0 Å². The van der Waals surface area contributed by atoms with Crippen LogP contribution in [0.3, 0.4) is 0 Å². The normalized spacial score (nSPS) is 15.1. The van der Waals surface area contributed by atoms with Gasteiger partial charge in [0.2, 0.25) is 0 Å². The van der Waals surface area contributed by atoms with E-state index in [0.29, 0.717) is 17.7 Å². The molecule has 4 heteroatoms. The Labute approximate surface area is 113 Å². The van der Waals surface area contributed by atoms with E-state index in [1.54, 1.807) is 0 Å². The molecule has 0 radical (unpaired) electrons. The Balaban J connectivity index is 1.66. The molecule has 0 bridgehead atoms. The second-order valence-corrected chi connectivity index (χ2v) is 4.96. The van der Waals surface area contributed by atoms with E-state index in [0.717, 1.165) is 24.3 Å². The SMILES string of the molecule is NC(=S)c1cccc(OCCCOC2CCC2)c1. The molecule has 2 N–H and O–H groups in total. The summed E-state index contributed by atoms with van der Waals surface area (Å²) in [5.74, 6) is 0.809. The molecule has 1 aromatic carbocycles. The molecule has 0 amide bonds. The van der Waals surface area contributed by atoms with Crippen molar-refractivity contribution in [3.05, 3.63) is 29.8 Å². The third kappa shape index (κ3) is 3.96. The summed E-state index contributed by atoms with van der Waals surface area (Å²) in [5, 5.41) is 0. The monoisotopic (exact) mass is 265 g/mol. The molecule has 0 unspecified atom stereocenters. The van der Waals surface area contributed by atoms with Crippen LogP contribution in [0.5, 0.6) is 5.75 Å². The summed E-state index contributed by atoms with van der Waals surface area (Å²) in [6.45, 7) is 1.44. The number of rotatable bonds is 7. The van der Waals surface area contributed by atoms with Crippen molar-refractivity contribution in [3.63, 3.8) is 0 Å². The fourth-order valence-electron chi connectivity index (χ4n) is 1.78. The van der Waals surface area contributed by atoms with Crippen molar-refractivity contribution < 1.29 is 9.47 Å². The van der Waals surface area contributed by atoms with Crippen LogP contribution < -0.4 is 10.5 Å². The number of thiocarbonyl (C=S) groups is 1. The molecule has 3 nitrogen and oxygen atoms in total. The summed E-state index contributed by atoms with van der Waals surface area (Å²) in [4.78, 5) is 0.397. The zero-order valence-corrected chi connectivity index (χ0v) is 11.2. The van der Waals surface area contributed by atoms with Crippen molar-refractivity contribution in [2.45, 2.75) is 31.8 Å². The van der Waals surface area contributed by atoms with Crippen LogP contribution in [0.4, 0.5) is 0 Å². The minimum absolute atomic E-state index is 0.397. The van der Waals surface area contributed by atoms with Crippen LogP contribution in [0.25, 0.3) is 0 Å². The summed E-state index contributed by atoms with van der Waals surface area (Å²) in [6, 6.07) is 7.56. The van der Waals surface area contributed by atoms with Gasteiger partial charge in [-0.15, -0.1) is 0 Å². The molecule has 1 aliphatic carbocycles. The molecular weight excluding hydrogens is 246 g/mol. The van der Waals surface area contributed by atoms with Crippen LogP contribution in [-0.4, -0.2) is 24.3 Å². The van der Waals surface area contributed by atoms with Gasteiger partial charge in [0.1, 0.15) is 10.7 Å². The highest BCUT2D eigenvalue weighted by Gasteiger charge is 2.16. The van der Waals surface area contributed by atoms with Crippen molar-refractivity contribution in [1.29, 1.82) is 0 Å². The van der Waals surface area contributed by atoms with Crippen molar-refractivity contribution in [3.8, 4) is 5.75 Å². The Morgan fingerprint density at radius 2 is 2.17 bits per heavy atom. The molecular formula is C14H19NO2S. The topological polar surface area (TPSA) is 44.5 Å². The minimum Gasteiger partial charge on any atom is -0.493 e. The maximum atomic E-state index is 5.66. The van der Waals surface area contributed by atoms with Gasteiger partial charge in [-0.05, 0) is 31.4 Å². The molecule has 1 aliphatic rings. The van der Waals surface area contributed by atoms with Gasteiger partial charge in [-0.1, -0.05) is 24.4 Å². The van der Waals surface area contributed by atoms with Crippen LogP contribution >= 0.6 is 12.2 Å². The maximum absolute atomic E-state index is 5.66. The average Bonchev–Trinajstić information content (AvgIpc) is 2.31. The molecule has 0 atom stereocenters. The summed E-state index contributed by atoms with van der Waals surface area (Å²) in [7, 11) is 0. The predicted octanol–water partition coefficient (Wildman–Crippen LogP) is 2.66. The van der Waals surface area contributed by atoms with Gasteiger partial charge in [0.15, 0.2) is 0 Å². The summed E-state index contributed by atoms with van der Waals surface area (Å²) in [5.41, 5.74) is 6.41. The van der Waals surface area contributed by atoms with E-state index < -0.39 is 0 Å². The maximum Gasteiger partial charge on any atom is 0.119 e. The lowest BCUT2D eigenvalue weighted by Gasteiger charge is -2.25. The zero-order valence-electron chi connectivity index (χ0n) is 10.4. The Kier molecular flexibility index (Phi) is 4.96. The summed E-state index contributed by atoms with van der Waals surface area (Å²) in [6.07, 6.45) is 5.16. The highest BCUT2D eigenvalue weighted by Crippen LogP contribution is 2.21. The van der Waals surface area contributed by atoms with Gasteiger partial charge in [-0.3, -0.25) is 0 Å². The van der Waals surface area contributed by atoms with Crippen LogP contribution in [0.15, 0.2) is 24.3 Å². The van der Waals surface area contributed by atoms with Crippen molar-refractivity contribution in [1.82, 2.24) is 0 Å². The molecule has 0 aromatic heterocycles. The standard InChI is InChI=1S/C14H19NO2S/c15-14(18)11-4-1-7-13(10-11)17-9-3-8-16-12-5-2-6-12/h1,4,7,10,12H,2-3,5-6,8-9H2,(H2,15,18). The van der Waals surface area contributed by atoms with E-state index >= 15 is 0 Å². The first-order chi connectivity index (χ1) is 8.75. The lowest BCUT2D eigenvalue weighted by Crippen LogP contribution is -2.22. The van der Waals surface area contributed by atoms with Crippen LogP contribution in [0.2, 0.25) is 0 Å². The van der Waals surface area contributed by atoms with Crippen molar-refractivity contribution >= 4 is 17.2 Å². The van der Waals surface area contributed by atoms with Gasteiger partial charge >= 0.3 is 0 Å². The van der Waals surface area contributed by atoms with E-state index in [1.807, 2.05) is 24.3 Å². The van der Waals surface area contributed by atoms with Crippen molar-refractivity contribution in [2.75, 3.05) is 13.2 Å². The van der Waals surface area contributed by atoms with Crippen LogP contribution in [-0.2, 0) is 4.74 Å². The number of hydrogen-bond donors (Lipinski definition) is 1. The second-order valence-electron chi connectivity index (χ2n) is 4.52. The van der Waals surface area contributed by atoms with Gasteiger partial charge in [0, 0.05) is 12.0 Å². The molecule has 1 aromatic rings. The Bertz CT molecular complexity index is 405. The minimum atomic E-state index is 0.397. The third-order valence-corrected chi connectivity index (χ3v) is 3.32. The van der Waals surface area contributed by atoms with Gasteiger partial charge in [0.25, 0.3) is 0 Å². The van der Waals surface area contributed by atoms with Gasteiger partial charge < -0.3 is 15.2 Å². The number of nitrogens with two attached hydrogens (primary N) is 1. The van der Waals surface area contributed by atoms with E-state index in [4.69, 9.17) is 27.4 Å². The molecule has 98 valence electrons. The predicted molar refractivity (Wildman–Crippen MR) is 76.0 cm³/mol. The van der Waals surface area contributed by atoms with Crippen LogP contribution in [0.1, 0.15) is 31.2 Å². The molecule has 0 aliphatic heterocycles. The largest absolute Gasteiger partial charge is 0.493 e. The van der Waals surface area contributed by atoms with Gasteiger partial charge in [-0.25, -0.2) is 0 Å². The molecule has 0 saturated heterocycles. The molecule has 0 spiro atoms. The fraction of sp³-hybridized carbons (Fsp3) is 0.500. The lowest BCUT2D eigenvalue weighted by atomic mass is 9.96. The highest BCUT2D eigenvalue weighted by molar-refractivity contribution is 7.80.